The van der Waals surface area contributed by atoms with Gasteiger partial charge in [-0.2, -0.15) is 0 Å². The molecule has 0 aromatic carbocycles. The van der Waals surface area contributed by atoms with Crippen molar-refractivity contribution < 1.29 is 4.74 Å². The molecule has 0 bridgehead atoms. The first-order valence-corrected chi connectivity index (χ1v) is 8.22. The number of nitrogens with one attached hydrogen (secondary N) is 2. The van der Waals surface area contributed by atoms with Gasteiger partial charge in [-0.15, -0.1) is 0 Å². The number of hydrogen-bond donors (Lipinski definition) is 2. The first kappa shape index (κ1) is 15.4. The van der Waals surface area contributed by atoms with E-state index in [1.165, 1.54) is 18.4 Å². The highest BCUT2D eigenvalue weighted by atomic mass is 16.5. The molecule has 0 amide bonds. The van der Waals surface area contributed by atoms with Crippen LogP contribution >= 0.6 is 0 Å². The normalized spacial score (nSPS) is 30.4. The minimum Gasteiger partial charge on any atom is -0.377 e. The van der Waals surface area contributed by atoms with Crippen LogP contribution in [-0.2, 0) is 18.3 Å². The molecule has 2 N–H and O–H groups in total. The second kappa shape index (κ2) is 5.95. The van der Waals surface area contributed by atoms with Crippen molar-refractivity contribution in [1.82, 2.24) is 15.2 Å². The van der Waals surface area contributed by atoms with Crippen LogP contribution in [0.1, 0.15) is 32.3 Å². The van der Waals surface area contributed by atoms with E-state index in [4.69, 9.17) is 4.74 Å². The number of guanidine groups is 1. The summed E-state index contributed by atoms with van der Waals surface area (Å²) in [4.78, 5) is 4.38. The topological polar surface area (TPSA) is 50.6 Å². The Hall–Kier alpha value is -1.49. The molecule has 1 aliphatic carbocycles. The van der Waals surface area contributed by atoms with Gasteiger partial charge in [0.15, 0.2) is 5.96 Å². The third-order valence-electron chi connectivity index (χ3n) is 5.20. The second-order valence-corrected chi connectivity index (χ2v) is 7.15. The van der Waals surface area contributed by atoms with Gasteiger partial charge in [0.05, 0.1) is 6.10 Å². The molecule has 2 fully saturated rings. The van der Waals surface area contributed by atoms with Gasteiger partial charge in [-0.3, -0.25) is 4.99 Å². The van der Waals surface area contributed by atoms with Crippen molar-refractivity contribution in [3.63, 3.8) is 0 Å². The molecule has 1 aromatic heterocycles. The van der Waals surface area contributed by atoms with Crippen molar-refractivity contribution in [2.75, 3.05) is 13.7 Å². The van der Waals surface area contributed by atoms with E-state index in [2.05, 4.69) is 52.5 Å². The molecule has 3 rings (SSSR count). The number of rotatable bonds is 3. The van der Waals surface area contributed by atoms with Crippen LogP contribution < -0.4 is 10.6 Å². The van der Waals surface area contributed by atoms with Gasteiger partial charge in [0.2, 0.25) is 0 Å². The highest BCUT2D eigenvalue weighted by molar-refractivity contribution is 5.80. The largest absolute Gasteiger partial charge is 0.377 e. The van der Waals surface area contributed by atoms with E-state index in [1.54, 1.807) is 0 Å². The number of aryl methyl sites for hydroxylation is 1. The number of aliphatic imine (C=N–C) groups is 1. The lowest BCUT2D eigenvalue weighted by molar-refractivity contribution is -0.188. The van der Waals surface area contributed by atoms with Gasteiger partial charge in [0, 0.05) is 57.0 Å². The van der Waals surface area contributed by atoms with E-state index >= 15 is 0 Å². The van der Waals surface area contributed by atoms with Crippen LogP contribution in [0.2, 0.25) is 0 Å². The summed E-state index contributed by atoms with van der Waals surface area (Å²) in [6, 6.07) is 2.55. The van der Waals surface area contributed by atoms with Crippen molar-refractivity contribution in [3.05, 3.63) is 24.0 Å². The first-order valence-electron chi connectivity index (χ1n) is 8.22. The smallest absolute Gasteiger partial charge is 0.191 e. The lowest BCUT2D eigenvalue weighted by Crippen LogP contribution is -2.70. The van der Waals surface area contributed by atoms with E-state index in [1.807, 2.05) is 14.1 Å². The molecule has 0 radical (unpaired) electrons. The summed E-state index contributed by atoms with van der Waals surface area (Å²) in [5.74, 6) is 1.49. The van der Waals surface area contributed by atoms with E-state index in [0.29, 0.717) is 18.1 Å². The number of nitrogens with zero attached hydrogens (tertiary/aromatic N) is 2. The molecule has 1 aliphatic heterocycles. The van der Waals surface area contributed by atoms with Gasteiger partial charge in [0.1, 0.15) is 0 Å². The highest BCUT2D eigenvalue weighted by Gasteiger charge is 2.58. The third-order valence-corrected chi connectivity index (χ3v) is 5.20. The monoisotopic (exact) mass is 304 g/mol. The molecule has 1 saturated carbocycles. The molecule has 1 saturated heterocycles. The molecular formula is C17H28N4O. The minimum absolute atomic E-state index is 0.162. The van der Waals surface area contributed by atoms with Gasteiger partial charge in [-0.1, -0.05) is 13.8 Å². The summed E-state index contributed by atoms with van der Waals surface area (Å²) >= 11 is 0. The van der Waals surface area contributed by atoms with E-state index in [0.717, 1.165) is 19.1 Å². The zero-order valence-corrected chi connectivity index (χ0v) is 14.1. The van der Waals surface area contributed by atoms with Crippen molar-refractivity contribution in [2.24, 2.45) is 23.4 Å². The molecule has 5 heteroatoms. The van der Waals surface area contributed by atoms with Crippen molar-refractivity contribution in [1.29, 1.82) is 0 Å². The fourth-order valence-corrected chi connectivity index (χ4v) is 4.01. The predicted molar refractivity (Wildman–Crippen MR) is 88.8 cm³/mol. The van der Waals surface area contributed by atoms with Gasteiger partial charge in [0.25, 0.3) is 0 Å². The van der Waals surface area contributed by atoms with Gasteiger partial charge < -0.3 is 19.9 Å². The number of fused-ring (bicyclic) bond motifs is 1. The maximum Gasteiger partial charge on any atom is 0.191 e. The fraction of sp³-hybridized carbons (Fsp3) is 0.706. The summed E-state index contributed by atoms with van der Waals surface area (Å²) in [7, 11) is 3.87. The van der Waals surface area contributed by atoms with Gasteiger partial charge in [-0.25, -0.2) is 0 Å². The molecule has 2 aliphatic rings. The summed E-state index contributed by atoms with van der Waals surface area (Å²) in [6.07, 6.45) is 7.00. The van der Waals surface area contributed by atoms with Crippen molar-refractivity contribution in [2.45, 2.75) is 45.4 Å². The maximum atomic E-state index is 5.97. The molecule has 122 valence electrons. The number of aromatic nitrogens is 1. The van der Waals surface area contributed by atoms with E-state index in [9.17, 15) is 0 Å². The Morgan fingerprint density at radius 2 is 2.32 bits per heavy atom. The van der Waals surface area contributed by atoms with Crippen LogP contribution in [-0.4, -0.2) is 36.3 Å². The molecule has 5 nitrogen and oxygen atoms in total. The lowest BCUT2D eigenvalue weighted by Gasteiger charge is -2.60. The van der Waals surface area contributed by atoms with Gasteiger partial charge >= 0.3 is 0 Å². The van der Waals surface area contributed by atoms with Crippen LogP contribution in [0.3, 0.4) is 0 Å². The molecule has 3 atom stereocenters. The summed E-state index contributed by atoms with van der Waals surface area (Å²) < 4.78 is 8.03. The highest BCUT2D eigenvalue weighted by Crippen LogP contribution is 2.51. The van der Waals surface area contributed by atoms with E-state index in [-0.39, 0.29) is 5.41 Å². The molecular weight excluding hydrogens is 276 g/mol. The van der Waals surface area contributed by atoms with Crippen LogP contribution in [0.25, 0.3) is 0 Å². The zero-order chi connectivity index (χ0) is 15.7. The van der Waals surface area contributed by atoms with Gasteiger partial charge in [-0.05, 0) is 24.5 Å². The summed E-state index contributed by atoms with van der Waals surface area (Å²) in [5, 5.41) is 7.04. The van der Waals surface area contributed by atoms with Crippen LogP contribution in [0.4, 0.5) is 0 Å². The quantitative estimate of drug-likeness (QED) is 0.662. The lowest BCUT2D eigenvalue weighted by atomic mass is 9.55. The fourth-order valence-electron chi connectivity index (χ4n) is 4.01. The Bertz CT molecular complexity index is 549. The predicted octanol–water partition coefficient (Wildman–Crippen LogP) is 1.89. The molecule has 22 heavy (non-hydrogen) atoms. The Labute approximate surface area is 133 Å². The minimum atomic E-state index is 0.162. The number of ether oxygens (including phenoxy) is 1. The first-order chi connectivity index (χ1) is 10.5. The average molecular weight is 304 g/mol. The SMILES string of the molecule is CN=C(NCc1ccn(C)c1)NC1C2CCCOC2C1(C)C. The van der Waals surface area contributed by atoms with Crippen molar-refractivity contribution in [3.8, 4) is 0 Å². The molecule has 3 unspecified atom stereocenters. The zero-order valence-electron chi connectivity index (χ0n) is 14.1. The van der Waals surface area contributed by atoms with Crippen LogP contribution in [0, 0.1) is 11.3 Å². The van der Waals surface area contributed by atoms with Crippen LogP contribution in [0.5, 0.6) is 0 Å². The Morgan fingerprint density at radius 1 is 1.50 bits per heavy atom. The van der Waals surface area contributed by atoms with Crippen molar-refractivity contribution >= 4 is 5.96 Å². The average Bonchev–Trinajstić information content (AvgIpc) is 2.93. The second-order valence-electron chi connectivity index (χ2n) is 7.15. The Morgan fingerprint density at radius 3 is 3.00 bits per heavy atom. The Kier molecular flexibility index (Phi) is 4.17. The number of hydrogen-bond acceptors (Lipinski definition) is 2. The maximum absolute atomic E-state index is 5.97. The summed E-state index contributed by atoms with van der Waals surface area (Å²) in [5.41, 5.74) is 1.42. The molecule has 0 spiro atoms. The summed E-state index contributed by atoms with van der Waals surface area (Å²) in [6.45, 7) is 6.29. The third kappa shape index (κ3) is 2.74. The van der Waals surface area contributed by atoms with E-state index < -0.39 is 0 Å². The Balaban J connectivity index is 1.58. The standard InChI is InChI=1S/C17H28N4O/c1-17(2)14(13-6-5-9-22-15(13)17)20-16(18-3)19-10-12-7-8-21(4)11-12/h7-8,11,13-15H,5-6,9-10H2,1-4H3,(H2,18,19,20). The van der Waals surface area contributed by atoms with Crippen LogP contribution in [0.15, 0.2) is 23.5 Å². The molecule has 2 heterocycles. The molecule has 1 aromatic rings.